The van der Waals surface area contributed by atoms with Crippen LogP contribution >= 0.6 is 23.4 Å². The molecule has 3 rings (SSSR count). The lowest BCUT2D eigenvalue weighted by Gasteiger charge is -2.40. The summed E-state index contributed by atoms with van der Waals surface area (Å²) in [6, 6.07) is 1.88. The first-order valence-electron chi connectivity index (χ1n) is 9.47. The smallest absolute Gasteiger partial charge is 0.230 e. The fraction of sp³-hybridized carbons (Fsp3) is 0.667. The molecule has 1 atom stereocenters. The molecule has 0 radical (unpaired) electrons. The molecular formula is C18H26ClN5O2S. The normalized spacial score (nSPS) is 19.9. The molecule has 2 amide bonds. The number of hydrogen-bond donors (Lipinski definition) is 1. The second-order valence-electron chi connectivity index (χ2n) is 7.07. The third-order valence-corrected chi connectivity index (χ3v) is 5.77. The molecule has 1 aliphatic carbocycles. The molecule has 1 N–H and O–H groups in total. The minimum atomic E-state index is -0.0344. The van der Waals surface area contributed by atoms with E-state index in [0.717, 1.165) is 31.6 Å². The SMILES string of the molecule is CCCNC(=O)CSc1nc(Cl)cc(N2CCN(C(=O)C3CC3)[C@H](C)C2)n1. The highest BCUT2D eigenvalue weighted by molar-refractivity contribution is 7.99. The van der Waals surface area contributed by atoms with Crippen LogP contribution in [0.4, 0.5) is 5.82 Å². The van der Waals surface area contributed by atoms with Crippen LogP contribution in [0.25, 0.3) is 0 Å². The number of carbonyl (C=O) groups excluding carboxylic acids is 2. The average molecular weight is 412 g/mol. The van der Waals surface area contributed by atoms with E-state index < -0.39 is 0 Å². The quantitative estimate of drug-likeness (QED) is 0.421. The molecule has 1 saturated carbocycles. The van der Waals surface area contributed by atoms with Gasteiger partial charge >= 0.3 is 0 Å². The summed E-state index contributed by atoms with van der Waals surface area (Å²) in [6.45, 7) is 6.88. The van der Waals surface area contributed by atoms with Gasteiger partial charge in [0, 0.05) is 44.2 Å². The van der Waals surface area contributed by atoms with Crippen molar-refractivity contribution in [2.75, 3.05) is 36.8 Å². The van der Waals surface area contributed by atoms with Crippen LogP contribution in [0.3, 0.4) is 0 Å². The fourth-order valence-corrected chi connectivity index (χ4v) is 4.03. The summed E-state index contributed by atoms with van der Waals surface area (Å²) in [6.07, 6.45) is 2.96. The van der Waals surface area contributed by atoms with E-state index in [1.54, 1.807) is 6.07 Å². The zero-order valence-electron chi connectivity index (χ0n) is 15.8. The van der Waals surface area contributed by atoms with E-state index >= 15 is 0 Å². The number of nitrogens with one attached hydrogen (secondary N) is 1. The van der Waals surface area contributed by atoms with Gasteiger partial charge in [0.25, 0.3) is 0 Å². The predicted molar refractivity (Wildman–Crippen MR) is 107 cm³/mol. The van der Waals surface area contributed by atoms with E-state index in [1.807, 2.05) is 11.8 Å². The number of carbonyl (C=O) groups is 2. The van der Waals surface area contributed by atoms with Crippen molar-refractivity contribution < 1.29 is 9.59 Å². The number of nitrogens with zero attached hydrogens (tertiary/aromatic N) is 4. The minimum absolute atomic E-state index is 0.0344. The monoisotopic (exact) mass is 411 g/mol. The topological polar surface area (TPSA) is 78.4 Å². The van der Waals surface area contributed by atoms with Gasteiger partial charge in [0.1, 0.15) is 11.0 Å². The molecule has 1 aromatic heterocycles. The van der Waals surface area contributed by atoms with Gasteiger partial charge in [-0.1, -0.05) is 30.3 Å². The highest BCUT2D eigenvalue weighted by atomic mass is 35.5. The van der Waals surface area contributed by atoms with Crippen molar-refractivity contribution in [2.45, 2.75) is 44.3 Å². The second-order valence-corrected chi connectivity index (χ2v) is 8.40. The molecule has 27 heavy (non-hydrogen) atoms. The highest BCUT2D eigenvalue weighted by Gasteiger charge is 2.37. The zero-order valence-corrected chi connectivity index (χ0v) is 17.4. The van der Waals surface area contributed by atoms with Crippen molar-refractivity contribution in [3.05, 3.63) is 11.2 Å². The van der Waals surface area contributed by atoms with Crippen LogP contribution in [-0.4, -0.2) is 64.7 Å². The Labute approximate surface area is 169 Å². The van der Waals surface area contributed by atoms with Gasteiger partial charge in [-0.15, -0.1) is 0 Å². The van der Waals surface area contributed by atoms with Crippen molar-refractivity contribution >= 4 is 41.0 Å². The lowest BCUT2D eigenvalue weighted by molar-refractivity contribution is -0.135. The Morgan fingerprint density at radius 2 is 2.11 bits per heavy atom. The minimum Gasteiger partial charge on any atom is -0.355 e. The van der Waals surface area contributed by atoms with Crippen LogP contribution in [0.5, 0.6) is 0 Å². The molecule has 9 heteroatoms. The maximum Gasteiger partial charge on any atom is 0.230 e. The summed E-state index contributed by atoms with van der Waals surface area (Å²) in [5.74, 6) is 1.51. The van der Waals surface area contributed by atoms with Crippen molar-refractivity contribution in [1.82, 2.24) is 20.2 Å². The molecule has 2 aliphatic rings. The summed E-state index contributed by atoms with van der Waals surface area (Å²) in [5, 5.41) is 3.69. The van der Waals surface area contributed by atoms with E-state index in [2.05, 4.69) is 27.1 Å². The summed E-state index contributed by atoms with van der Waals surface area (Å²) < 4.78 is 0. The molecule has 2 fully saturated rings. The summed E-state index contributed by atoms with van der Waals surface area (Å²) in [7, 11) is 0. The van der Waals surface area contributed by atoms with Gasteiger partial charge in [-0.25, -0.2) is 9.97 Å². The number of thioether (sulfide) groups is 1. The Hall–Kier alpha value is -1.54. The van der Waals surface area contributed by atoms with Crippen molar-refractivity contribution in [3.8, 4) is 0 Å². The Balaban J connectivity index is 1.60. The molecule has 2 heterocycles. The summed E-state index contributed by atoms with van der Waals surface area (Å²) in [4.78, 5) is 37.1. The second kappa shape index (κ2) is 9.10. The van der Waals surface area contributed by atoms with Gasteiger partial charge in [-0.3, -0.25) is 9.59 Å². The van der Waals surface area contributed by atoms with Crippen molar-refractivity contribution in [2.24, 2.45) is 5.92 Å². The number of halogens is 1. The molecule has 0 unspecified atom stereocenters. The van der Waals surface area contributed by atoms with E-state index in [9.17, 15) is 9.59 Å². The van der Waals surface area contributed by atoms with Crippen LogP contribution in [0.2, 0.25) is 5.15 Å². The fourth-order valence-electron chi connectivity index (χ4n) is 3.12. The summed E-state index contributed by atoms with van der Waals surface area (Å²) >= 11 is 7.46. The van der Waals surface area contributed by atoms with Gasteiger partial charge < -0.3 is 15.1 Å². The highest BCUT2D eigenvalue weighted by Crippen LogP contribution is 2.32. The number of rotatable bonds is 7. The largest absolute Gasteiger partial charge is 0.355 e. The average Bonchev–Trinajstić information content (AvgIpc) is 3.49. The first-order valence-corrected chi connectivity index (χ1v) is 10.8. The zero-order chi connectivity index (χ0) is 19.4. The molecule has 1 saturated heterocycles. The van der Waals surface area contributed by atoms with Gasteiger partial charge in [0.2, 0.25) is 11.8 Å². The molecule has 0 spiro atoms. The number of hydrogen-bond acceptors (Lipinski definition) is 6. The number of amides is 2. The van der Waals surface area contributed by atoms with Crippen LogP contribution < -0.4 is 10.2 Å². The van der Waals surface area contributed by atoms with Crippen LogP contribution in [0.1, 0.15) is 33.1 Å². The standard InChI is InChI=1S/C18H26ClN5O2S/c1-3-6-20-16(25)11-27-18-21-14(19)9-15(22-18)23-7-8-24(12(2)10-23)17(26)13-4-5-13/h9,12-13H,3-8,10-11H2,1-2H3,(H,20,25)/t12-/m1/s1. The number of aromatic nitrogens is 2. The maximum absolute atomic E-state index is 12.4. The van der Waals surface area contributed by atoms with Gasteiger partial charge in [-0.05, 0) is 26.2 Å². The third-order valence-electron chi connectivity index (χ3n) is 4.73. The first kappa shape index (κ1) is 20.2. The Bertz CT molecular complexity index is 700. The van der Waals surface area contributed by atoms with E-state index in [1.165, 1.54) is 11.8 Å². The lowest BCUT2D eigenvalue weighted by Crippen LogP contribution is -2.54. The van der Waals surface area contributed by atoms with E-state index in [4.69, 9.17) is 11.6 Å². The van der Waals surface area contributed by atoms with Crippen molar-refractivity contribution in [3.63, 3.8) is 0 Å². The number of anilines is 1. The lowest BCUT2D eigenvalue weighted by atomic mass is 10.1. The van der Waals surface area contributed by atoms with Crippen molar-refractivity contribution in [1.29, 1.82) is 0 Å². The third kappa shape index (κ3) is 5.48. The van der Waals surface area contributed by atoms with Gasteiger partial charge in [0.15, 0.2) is 5.16 Å². The van der Waals surface area contributed by atoms with E-state index in [-0.39, 0.29) is 29.5 Å². The molecule has 1 aromatic rings. The molecule has 1 aliphatic heterocycles. The van der Waals surface area contributed by atoms with Gasteiger partial charge in [0.05, 0.1) is 5.75 Å². The first-order chi connectivity index (χ1) is 13.0. The Kier molecular flexibility index (Phi) is 6.81. The van der Waals surface area contributed by atoms with Gasteiger partial charge in [-0.2, -0.15) is 0 Å². The number of piperazine rings is 1. The van der Waals surface area contributed by atoms with E-state index in [0.29, 0.717) is 29.9 Å². The predicted octanol–water partition coefficient (Wildman–Crippen LogP) is 2.20. The Morgan fingerprint density at radius 3 is 2.78 bits per heavy atom. The molecule has 148 valence electrons. The molecular weight excluding hydrogens is 386 g/mol. The maximum atomic E-state index is 12.4. The molecule has 0 bridgehead atoms. The van der Waals surface area contributed by atoms with Crippen LogP contribution in [0, 0.1) is 5.92 Å². The van der Waals surface area contributed by atoms with Crippen LogP contribution in [-0.2, 0) is 9.59 Å². The Morgan fingerprint density at radius 1 is 1.33 bits per heavy atom. The summed E-state index contributed by atoms with van der Waals surface area (Å²) in [5.41, 5.74) is 0. The molecule has 7 nitrogen and oxygen atoms in total. The van der Waals surface area contributed by atoms with Crippen LogP contribution in [0.15, 0.2) is 11.2 Å². The molecule has 0 aromatic carbocycles.